The van der Waals surface area contributed by atoms with Crippen LogP contribution in [0.2, 0.25) is 0 Å². The molecule has 0 spiro atoms. The van der Waals surface area contributed by atoms with E-state index in [0.717, 1.165) is 7.85 Å². The fourth-order valence-electron chi connectivity index (χ4n) is 1.37. The molecule has 3 N–H and O–H groups in total. The summed E-state index contributed by atoms with van der Waals surface area (Å²) >= 11 is 5.04. The molecule has 0 aromatic carbocycles. The first kappa shape index (κ1) is 11.8. The Morgan fingerprint density at radius 3 is 2.57 bits per heavy atom. The van der Waals surface area contributed by atoms with Crippen molar-refractivity contribution in [2.45, 2.75) is 23.6 Å². The summed E-state index contributed by atoms with van der Waals surface area (Å²) in [7, 11) is 0.910. The minimum absolute atomic E-state index is 0.618. The third-order valence-corrected chi connectivity index (χ3v) is 2.35. The van der Waals surface area contributed by atoms with Crippen LogP contribution in [0.15, 0.2) is 0 Å². The Morgan fingerprint density at radius 2 is 2.21 bits per heavy atom. The largest absolute Gasteiger partial charge is 0.394 e. The number of aliphatic hydroxyl groups is 3. The molecular formula is C7H9BClFO4. The molecule has 78 valence electrons. The van der Waals surface area contributed by atoms with Crippen molar-refractivity contribution in [2.75, 3.05) is 6.61 Å². The SMILES string of the molecule is B[C@]1(F)O[C@H](CO)C(O)[C@]1(O)C#CCl. The van der Waals surface area contributed by atoms with E-state index in [1.54, 1.807) is 5.38 Å². The standard InChI is InChI=1S/C7H9BClFO4/c8-7(10)6(13,1-2-9)5(12)4(3-11)14-7/h4-5,11-13H,3,8H2/t4-,5?,6-,7-/m1/s1. The molecule has 7 heteroatoms. The maximum absolute atomic E-state index is 13.6. The van der Waals surface area contributed by atoms with Crippen LogP contribution >= 0.6 is 11.6 Å². The van der Waals surface area contributed by atoms with Gasteiger partial charge in [-0.05, 0) is 17.5 Å². The molecule has 4 nitrogen and oxygen atoms in total. The van der Waals surface area contributed by atoms with Crippen LogP contribution in [0, 0.1) is 11.3 Å². The van der Waals surface area contributed by atoms with Gasteiger partial charge in [0.05, 0.1) is 6.61 Å². The number of halogens is 2. The summed E-state index contributed by atoms with van der Waals surface area (Å²) in [6.45, 7) is -0.618. The average molecular weight is 222 g/mol. The number of ether oxygens (including phenoxy) is 1. The van der Waals surface area contributed by atoms with Gasteiger partial charge in [0.1, 0.15) is 12.2 Å². The molecule has 0 saturated carbocycles. The van der Waals surface area contributed by atoms with Crippen molar-refractivity contribution < 1.29 is 24.4 Å². The van der Waals surface area contributed by atoms with Crippen LogP contribution < -0.4 is 0 Å². The van der Waals surface area contributed by atoms with E-state index in [2.05, 4.69) is 4.74 Å². The van der Waals surface area contributed by atoms with E-state index in [-0.39, 0.29) is 0 Å². The summed E-state index contributed by atoms with van der Waals surface area (Å²) < 4.78 is 18.2. The van der Waals surface area contributed by atoms with Crippen molar-refractivity contribution in [2.24, 2.45) is 0 Å². The lowest BCUT2D eigenvalue weighted by Crippen LogP contribution is -2.53. The predicted molar refractivity (Wildman–Crippen MR) is 48.9 cm³/mol. The van der Waals surface area contributed by atoms with Crippen molar-refractivity contribution >= 4 is 19.4 Å². The normalized spacial score (nSPS) is 47.2. The predicted octanol–water partition coefficient (Wildman–Crippen LogP) is -2.07. The zero-order chi connectivity index (χ0) is 11.0. The van der Waals surface area contributed by atoms with E-state index < -0.39 is 30.2 Å². The van der Waals surface area contributed by atoms with Gasteiger partial charge in [0.2, 0.25) is 11.4 Å². The fourth-order valence-corrected chi connectivity index (χ4v) is 1.51. The number of rotatable bonds is 1. The molecule has 0 aromatic rings. The zero-order valence-electron chi connectivity index (χ0n) is 7.37. The Bertz CT molecular complexity index is 289. The summed E-state index contributed by atoms with van der Waals surface area (Å²) in [6, 6.07) is 0. The molecule has 1 fully saturated rings. The minimum atomic E-state index is -2.57. The van der Waals surface area contributed by atoms with Crippen molar-refractivity contribution in [1.82, 2.24) is 0 Å². The van der Waals surface area contributed by atoms with Crippen LogP contribution in [0.5, 0.6) is 0 Å². The van der Waals surface area contributed by atoms with Crippen LogP contribution in [0.3, 0.4) is 0 Å². The van der Waals surface area contributed by atoms with E-state index in [1.165, 1.54) is 0 Å². The highest BCUT2D eigenvalue weighted by atomic mass is 35.5. The highest BCUT2D eigenvalue weighted by Gasteiger charge is 2.62. The van der Waals surface area contributed by atoms with E-state index >= 15 is 0 Å². The summed E-state index contributed by atoms with van der Waals surface area (Å²) in [5.41, 5.74) is -2.41. The smallest absolute Gasteiger partial charge is 0.209 e. The highest BCUT2D eigenvalue weighted by Crippen LogP contribution is 2.38. The minimum Gasteiger partial charge on any atom is -0.394 e. The number of alkyl halides is 1. The van der Waals surface area contributed by atoms with Crippen LogP contribution in [0.1, 0.15) is 0 Å². The maximum atomic E-state index is 13.6. The van der Waals surface area contributed by atoms with E-state index in [4.69, 9.17) is 16.7 Å². The fraction of sp³-hybridized carbons (Fsp3) is 0.714. The molecule has 1 heterocycles. The second-order valence-electron chi connectivity index (χ2n) is 3.19. The number of hydrogen-bond donors (Lipinski definition) is 3. The molecular weight excluding hydrogens is 213 g/mol. The molecule has 1 aliphatic heterocycles. The van der Waals surface area contributed by atoms with Crippen LogP contribution in [0.25, 0.3) is 0 Å². The van der Waals surface area contributed by atoms with Gasteiger partial charge in [-0.15, -0.1) is 0 Å². The van der Waals surface area contributed by atoms with Crippen molar-refractivity contribution in [3.63, 3.8) is 0 Å². The van der Waals surface area contributed by atoms with Gasteiger partial charge in [-0.1, -0.05) is 0 Å². The molecule has 0 aromatic heterocycles. The average Bonchev–Trinajstić information content (AvgIpc) is 2.27. The zero-order valence-corrected chi connectivity index (χ0v) is 8.12. The third kappa shape index (κ3) is 1.51. The van der Waals surface area contributed by atoms with E-state index in [1.807, 2.05) is 5.92 Å². The molecule has 0 amide bonds. The molecule has 0 bridgehead atoms. The van der Waals surface area contributed by atoms with Crippen molar-refractivity contribution in [3.05, 3.63) is 0 Å². The summed E-state index contributed by atoms with van der Waals surface area (Å²) in [6.07, 6.45) is -2.86. The van der Waals surface area contributed by atoms with Gasteiger partial charge in [0.25, 0.3) is 0 Å². The lowest BCUT2D eigenvalue weighted by Gasteiger charge is -2.27. The van der Waals surface area contributed by atoms with Gasteiger partial charge in [0, 0.05) is 5.38 Å². The van der Waals surface area contributed by atoms with E-state index in [0.29, 0.717) is 0 Å². The van der Waals surface area contributed by atoms with Crippen LogP contribution in [-0.2, 0) is 4.74 Å². The summed E-state index contributed by atoms with van der Waals surface area (Å²) in [5.74, 6) is -0.633. The Kier molecular flexibility index (Phi) is 3.09. The molecule has 1 rings (SSSR count). The van der Waals surface area contributed by atoms with Crippen molar-refractivity contribution in [3.8, 4) is 11.3 Å². The van der Waals surface area contributed by atoms with Gasteiger partial charge >= 0.3 is 0 Å². The summed E-state index contributed by atoms with van der Waals surface area (Å²) in [5, 5.41) is 29.6. The second kappa shape index (κ2) is 3.68. The Hall–Kier alpha value is -0.315. The molecule has 1 unspecified atom stereocenters. The van der Waals surface area contributed by atoms with Gasteiger partial charge in [-0.2, -0.15) is 0 Å². The molecule has 0 aliphatic carbocycles. The first-order valence-electron chi connectivity index (χ1n) is 3.90. The lowest BCUT2D eigenvalue weighted by molar-refractivity contribution is -0.140. The van der Waals surface area contributed by atoms with Gasteiger partial charge in [-0.3, -0.25) is 0 Å². The monoisotopic (exact) mass is 222 g/mol. The maximum Gasteiger partial charge on any atom is 0.209 e. The van der Waals surface area contributed by atoms with Crippen LogP contribution in [-0.4, -0.2) is 53.3 Å². The first-order chi connectivity index (χ1) is 6.39. The van der Waals surface area contributed by atoms with Gasteiger partial charge < -0.3 is 20.1 Å². The Labute approximate surface area is 86.0 Å². The molecule has 1 aliphatic rings. The quantitative estimate of drug-likeness (QED) is 0.352. The molecule has 1 saturated heterocycles. The topological polar surface area (TPSA) is 69.9 Å². The Balaban J connectivity index is 3.07. The first-order valence-corrected chi connectivity index (χ1v) is 4.27. The van der Waals surface area contributed by atoms with E-state index in [9.17, 15) is 14.6 Å². The van der Waals surface area contributed by atoms with Crippen molar-refractivity contribution in [1.29, 1.82) is 0 Å². The third-order valence-electron chi connectivity index (χ3n) is 2.25. The molecule has 0 radical (unpaired) electrons. The Morgan fingerprint density at radius 1 is 1.64 bits per heavy atom. The summed E-state index contributed by atoms with van der Waals surface area (Å²) in [4.78, 5) is 0. The second-order valence-corrected chi connectivity index (χ2v) is 3.38. The molecule has 4 atom stereocenters. The lowest BCUT2D eigenvalue weighted by atomic mass is 9.78. The van der Waals surface area contributed by atoms with Crippen LogP contribution in [0.4, 0.5) is 4.39 Å². The number of hydrogen-bond acceptors (Lipinski definition) is 4. The number of aliphatic hydroxyl groups excluding tert-OH is 2. The van der Waals surface area contributed by atoms with Gasteiger partial charge in [0.15, 0.2) is 7.85 Å². The highest BCUT2D eigenvalue weighted by molar-refractivity contribution is 6.30. The van der Waals surface area contributed by atoms with Gasteiger partial charge in [-0.25, -0.2) is 4.39 Å². The molecule has 14 heavy (non-hydrogen) atoms.